The molecule has 1 aliphatic rings. The lowest BCUT2D eigenvalue weighted by Crippen LogP contribution is -2.38. The number of methoxy groups -OCH3 is 3. The number of hydrogen-bond donors (Lipinski definition) is 2. The van der Waals surface area contributed by atoms with Crippen LogP contribution in [0.4, 0.5) is 0 Å². The second-order valence-electron chi connectivity index (χ2n) is 9.95. The Hall–Kier alpha value is -4.07. The number of rotatable bonds is 8. The van der Waals surface area contributed by atoms with Crippen molar-refractivity contribution < 1.29 is 36.5 Å². The minimum atomic E-state index is -4.67. The smallest absolute Gasteiger partial charge is 0.394 e. The van der Waals surface area contributed by atoms with Gasteiger partial charge in [0.15, 0.2) is 11.5 Å². The Labute approximate surface area is 250 Å². The lowest BCUT2D eigenvalue weighted by Gasteiger charge is -2.26. The third-order valence-corrected chi connectivity index (χ3v) is 7.48. The molecule has 6 rings (SSSR count). The van der Waals surface area contributed by atoms with E-state index in [0.29, 0.717) is 11.5 Å². The summed E-state index contributed by atoms with van der Waals surface area (Å²) in [5, 5.41) is 0. The summed E-state index contributed by atoms with van der Waals surface area (Å²) in [6.45, 7) is 5.37. The van der Waals surface area contributed by atoms with Crippen molar-refractivity contribution >= 4 is 27.1 Å². The standard InChI is InChI=1S/C31H33N3O4.H2O4S/c1-35-24-11-8-22(9-12-24)25-21-34-27-7-5-4-6-26(27)33(15-14-32-16-18-38-19-17-32)31(34)30(25)23-10-13-28(36-2)29(20-23)37-3;1-5(2,3)4/h4-13,20-21H,14-19H2,1-3H3;(H2,1,2,3,4). The fraction of sp³-hybridized carbons (Fsp3) is 0.290. The number of benzene rings is 3. The molecular formula is C31H35N3O8S. The highest BCUT2D eigenvalue weighted by Crippen LogP contribution is 2.43. The molecule has 2 aromatic heterocycles. The van der Waals surface area contributed by atoms with E-state index in [4.69, 9.17) is 36.5 Å². The molecule has 12 heteroatoms. The third-order valence-electron chi connectivity index (χ3n) is 7.48. The first-order valence-corrected chi connectivity index (χ1v) is 15.1. The highest BCUT2D eigenvalue weighted by Gasteiger charge is 2.23. The van der Waals surface area contributed by atoms with Gasteiger partial charge in [-0.05, 0) is 47.5 Å². The van der Waals surface area contributed by atoms with Crippen LogP contribution < -0.4 is 14.2 Å². The van der Waals surface area contributed by atoms with E-state index >= 15 is 0 Å². The van der Waals surface area contributed by atoms with Crippen molar-refractivity contribution in [3.63, 3.8) is 0 Å². The lowest BCUT2D eigenvalue weighted by atomic mass is 9.98. The predicted octanol–water partition coefficient (Wildman–Crippen LogP) is 4.93. The number of aromatic nitrogens is 2. The molecule has 0 atom stereocenters. The fourth-order valence-electron chi connectivity index (χ4n) is 5.51. The molecule has 228 valence electrons. The highest BCUT2D eigenvalue weighted by atomic mass is 32.3. The first kappa shape index (κ1) is 30.4. The minimum Gasteiger partial charge on any atom is -0.497 e. The van der Waals surface area contributed by atoms with Crippen LogP contribution >= 0.6 is 0 Å². The number of hydrogen-bond acceptors (Lipinski definition) is 7. The molecule has 0 unspecified atom stereocenters. The Kier molecular flexibility index (Phi) is 9.23. The van der Waals surface area contributed by atoms with E-state index in [1.807, 2.05) is 18.2 Å². The van der Waals surface area contributed by atoms with Crippen LogP contribution in [0.15, 0.2) is 72.9 Å². The van der Waals surface area contributed by atoms with Crippen molar-refractivity contribution in [2.75, 3.05) is 54.2 Å². The number of fused-ring (bicyclic) bond motifs is 3. The zero-order valence-electron chi connectivity index (χ0n) is 24.3. The van der Waals surface area contributed by atoms with Crippen LogP contribution in [0, 0.1) is 0 Å². The molecule has 3 heterocycles. The van der Waals surface area contributed by atoms with Crippen LogP contribution in [0.5, 0.6) is 17.2 Å². The summed E-state index contributed by atoms with van der Waals surface area (Å²) in [5.74, 6) is 2.26. The first-order valence-electron chi connectivity index (χ1n) is 13.7. The van der Waals surface area contributed by atoms with Crippen molar-refractivity contribution in [1.29, 1.82) is 0 Å². The van der Waals surface area contributed by atoms with Gasteiger partial charge >= 0.3 is 10.4 Å². The van der Waals surface area contributed by atoms with Gasteiger partial charge in [0.25, 0.3) is 0 Å². The predicted molar refractivity (Wildman–Crippen MR) is 165 cm³/mol. The van der Waals surface area contributed by atoms with Gasteiger partial charge in [0.2, 0.25) is 0 Å². The summed E-state index contributed by atoms with van der Waals surface area (Å²) in [7, 11) is 0.376. The molecule has 3 aromatic carbocycles. The maximum atomic E-state index is 8.74. The summed E-state index contributed by atoms with van der Waals surface area (Å²) in [4.78, 5) is 2.48. The summed E-state index contributed by atoms with van der Waals surface area (Å²) in [5.41, 5.74) is 8.09. The van der Waals surface area contributed by atoms with E-state index in [0.717, 1.165) is 73.0 Å². The second kappa shape index (κ2) is 13.1. The Morgan fingerprint density at radius 1 is 0.791 bits per heavy atom. The largest absolute Gasteiger partial charge is 0.497 e. The molecule has 0 saturated carbocycles. The van der Waals surface area contributed by atoms with Gasteiger partial charge in [-0.3, -0.25) is 18.4 Å². The Bertz CT molecular complexity index is 1800. The number of ether oxygens (including phenoxy) is 4. The lowest BCUT2D eigenvalue weighted by molar-refractivity contribution is 0.0366. The molecule has 0 radical (unpaired) electrons. The molecular weight excluding hydrogens is 574 g/mol. The molecule has 1 fully saturated rings. The number of nitrogens with zero attached hydrogens (tertiary/aromatic N) is 3. The summed E-state index contributed by atoms with van der Waals surface area (Å²) >= 11 is 0. The monoisotopic (exact) mass is 609 g/mol. The van der Waals surface area contributed by atoms with E-state index in [-0.39, 0.29) is 0 Å². The zero-order valence-corrected chi connectivity index (χ0v) is 25.1. The van der Waals surface area contributed by atoms with Crippen molar-refractivity contribution in [2.45, 2.75) is 6.54 Å². The molecule has 2 N–H and O–H groups in total. The van der Waals surface area contributed by atoms with Crippen LogP contribution in [0.25, 0.3) is 38.9 Å². The van der Waals surface area contributed by atoms with E-state index in [9.17, 15) is 0 Å². The maximum Gasteiger partial charge on any atom is 0.394 e. The summed E-state index contributed by atoms with van der Waals surface area (Å²) in [6.07, 6.45) is 2.26. The van der Waals surface area contributed by atoms with E-state index < -0.39 is 10.4 Å². The SMILES string of the molecule is COc1ccc(-c2cn3c4ccccc4n(CCN4CCOCC4)c3c2-c2ccc(OC)c(OC)c2)cc1.O=S(=O)(O)O. The van der Waals surface area contributed by atoms with Crippen LogP contribution in [-0.4, -0.2) is 85.6 Å². The zero-order chi connectivity index (χ0) is 30.6. The van der Waals surface area contributed by atoms with Crippen LogP contribution in [0.1, 0.15) is 0 Å². The van der Waals surface area contributed by atoms with Crippen molar-refractivity contribution in [1.82, 2.24) is 13.9 Å². The van der Waals surface area contributed by atoms with Gasteiger partial charge in [-0.15, -0.1) is 0 Å². The van der Waals surface area contributed by atoms with E-state index in [1.165, 1.54) is 11.0 Å². The average Bonchev–Trinajstić information content (AvgIpc) is 3.54. The normalized spacial score (nSPS) is 14.0. The topological polar surface area (TPSA) is 124 Å². The van der Waals surface area contributed by atoms with Crippen molar-refractivity contribution in [3.05, 3.63) is 72.9 Å². The minimum absolute atomic E-state index is 0.709. The third kappa shape index (κ3) is 6.79. The van der Waals surface area contributed by atoms with Crippen molar-refractivity contribution in [3.8, 4) is 39.5 Å². The maximum absolute atomic E-state index is 8.74. The van der Waals surface area contributed by atoms with Gasteiger partial charge in [-0.25, -0.2) is 0 Å². The summed E-state index contributed by atoms with van der Waals surface area (Å²) in [6, 6.07) is 23.1. The van der Waals surface area contributed by atoms with Crippen LogP contribution in [0.2, 0.25) is 0 Å². The van der Waals surface area contributed by atoms with Crippen LogP contribution in [0.3, 0.4) is 0 Å². The quantitative estimate of drug-likeness (QED) is 0.236. The number of morpholine rings is 1. The van der Waals surface area contributed by atoms with Gasteiger partial charge in [0.05, 0.1) is 45.6 Å². The Balaban J connectivity index is 0.000000682. The Morgan fingerprint density at radius 2 is 1.42 bits per heavy atom. The van der Waals surface area contributed by atoms with Gasteiger partial charge < -0.3 is 23.5 Å². The van der Waals surface area contributed by atoms with Crippen LogP contribution in [-0.2, 0) is 21.7 Å². The Morgan fingerprint density at radius 3 is 2.05 bits per heavy atom. The summed E-state index contributed by atoms with van der Waals surface area (Å²) < 4.78 is 58.6. The molecule has 5 aromatic rings. The van der Waals surface area contributed by atoms with Crippen molar-refractivity contribution in [2.24, 2.45) is 0 Å². The molecule has 1 aliphatic heterocycles. The second-order valence-corrected chi connectivity index (χ2v) is 10.8. The van der Waals surface area contributed by atoms with E-state index in [2.05, 4.69) is 68.6 Å². The molecule has 0 spiro atoms. The van der Waals surface area contributed by atoms with Gasteiger partial charge in [0, 0.05) is 43.5 Å². The molecule has 43 heavy (non-hydrogen) atoms. The fourth-order valence-corrected chi connectivity index (χ4v) is 5.51. The molecule has 0 bridgehead atoms. The number of para-hydroxylation sites is 2. The molecule has 0 amide bonds. The van der Waals surface area contributed by atoms with Gasteiger partial charge in [-0.2, -0.15) is 8.42 Å². The highest BCUT2D eigenvalue weighted by molar-refractivity contribution is 7.79. The molecule has 0 aliphatic carbocycles. The molecule has 1 saturated heterocycles. The van der Waals surface area contributed by atoms with E-state index in [1.54, 1.807) is 21.3 Å². The first-order chi connectivity index (χ1) is 20.7. The van der Waals surface area contributed by atoms with Gasteiger partial charge in [-0.1, -0.05) is 30.3 Å². The number of imidazole rings is 1. The van der Waals surface area contributed by atoms with Gasteiger partial charge in [0.1, 0.15) is 11.4 Å². The average molecular weight is 610 g/mol. The molecule has 11 nitrogen and oxygen atoms in total.